The summed E-state index contributed by atoms with van der Waals surface area (Å²) < 4.78 is 5.07. The van der Waals surface area contributed by atoms with E-state index in [0.29, 0.717) is 11.3 Å². The van der Waals surface area contributed by atoms with E-state index >= 15 is 0 Å². The van der Waals surface area contributed by atoms with Crippen LogP contribution in [0.2, 0.25) is 0 Å². The van der Waals surface area contributed by atoms with E-state index in [2.05, 4.69) is 4.98 Å². The molecule has 0 aliphatic heterocycles. The topological polar surface area (TPSA) is 55.6 Å². The molecule has 78 valence electrons. The molecule has 0 fully saturated rings. The lowest BCUT2D eigenvalue weighted by molar-refractivity contribution is -0.0757. The van der Waals surface area contributed by atoms with Gasteiger partial charge in [0.05, 0.1) is 18.9 Å². The lowest BCUT2D eigenvalue weighted by Crippen LogP contribution is -2.25. The molecule has 2 heterocycles. The summed E-state index contributed by atoms with van der Waals surface area (Å²) in [7, 11) is 2.98. The van der Waals surface area contributed by atoms with Gasteiger partial charge in [-0.1, -0.05) is 0 Å². The summed E-state index contributed by atoms with van der Waals surface area (Å²) in [6.45, 7) is 0. The summed E-state index contributed by atoms with van der Waals surface area (Å²) in [5, 5.41) is 1.94. The number of amides is 1. The van der Waals surface area contributed by atoms with Gasteiger partial charge in [0.1, 0.15) is 0 Å². The molecular formula is C10H10N2O3. The molecule has 0 N–H and O–H groups in total. The van der Waals surface area contributed by atoms with Gasteiger partial charge in [-0.25, -0.2) is 10.0 Å². The van der Waals surface area contributed by atoms with E-state index in [9.17, 15) is 4.79 Å². The molecule has 0 atom stereocenters. The number of carbonyl (C=O) groups excluding carboxylic acids is 1. The number of nitrogens with zero attached hydrogens (tertiary/aromatic N) is 2. The Labute approximate surface area is 86.2 Å². The Balaban J connectivity index is 2.39. The highest BCUT2D eigenvalue weighted by atomic mass is 16.7. The number of hydrogen-bond donors (Lipinski definition) is 0. The van der Waals surface area contributed by atoms with Crippen molar-refractivity contribution in [1.82, 2.24) is 10.0 Å². The summed E-state index contributed by atoms with van der Waals surface area (Å²) in [6.07, 6.45) is 3.00. The van der Waals surface area contributed by atoms with Crippen LogP contribution in [0.5, 0.6) is 0 Å². The Hall–Kier alpha value is -1.88. The average molecular weight is 206 g/mol. The van der Waals surface area contributed by atoms with Crippen LogP contribution in [-0.4, -0.2) is 30.1 Å². The Morgan fingerprint density at radius 1 is 1.60 bits per heavy atom. The van der Waals surface area contributed by atoms with Gasteiger partial charge in [0, 0.05) is 18.6 Å². The third-order valence-corrected chi connectivity index (χ3v) is 2.11. The normalized spacial score (nSPS) is 10.5. The lowest BCUT2D eigenvalue weighted by Gasteiger charge is -2.12. The van der Waals surface area contributed by atoms with Crippen molar-refractivity contribution in [3.8, 4) is 0 Å². The van der Waals surface area contributed by atoms with Crippen molar-refractivity contribution < 1.29 is 14.0 Å². The van der Waals surface area contributed by atoms with Gasteiger partial charge >= 0.3 is 0 Å². The van der Waals surface area contributed by atoms with Crippen LogP contribution in [0.15, 0.2) is 29.0 Å². The number of pyridine rings is 1. The van der Waals surface area contributed by atoms with E-state index in [4.69, 9.17) is 9.25 Å². The number of aromatic nitrogens is 1. The molecule has 0 unspecified atom stereocenters. The first-order chi connectivity index (χ1) is 7.22. The number of hydroxylamine groups is 2. The van der Waals surface area contributed by atoms with Crippen LogP contribution in [0.1, 0.15) is 10.4 Å². The van der Waals surface area contributed by atoms with Crippen LogP contribution in [-0.2, 0) is 4.84 Å². The van der Waals surface area contributed by atoms with E-state index < -0.39 is 0 Å². The van der Waals surface area contributed by atoms with Crippen LogP contribution in [0.25, 0.3) is 11.1 Å². The summed E-state index contributed by atoms with van der Waals surface area (Å²) in [5.41, 5.74) is 0.986. The molecule has 0 aromatic carbocycles. The zero-order chi connectivity index (χ0) is 10.8. The predicted octanol–water partition coefficient (Wildman–Crippen LogP) is 1.46. The lowest BCUT2D eigenvalue weighted by atomic mass is 10.2. The minimum atomic E-state index is -0.242. The largest absolute Gasteiger partial charge is 0.446 e. The summed E-state index contributed by atoms with van der Waals surface area (Å²) in [5.74, 6) is -0.242. The summed E-state index contributed by atoms with van der Waals surface area (Å²) in [6, 6.07) is 3.47. The maximum absolute atomic E-state index is 11.7. The van der Waals surface area contributed by atoms with E-state index in [1.165, 1.54) is 19.6 Å². The monoisotopic (exact) mass is 206 g/mol. The Kier molecular flexibility index (Phi) is 2.39. The van der Waals surface area contributed by atoms with Gasteiger partial charge in [-0.05, 0) is 12.1 Å². The standard InChI is InChI=1S/C10H10N2O3/c1-12(14-2)10(13)8-5-7-3-4-15-9(7)11-6-8/h3-6H,1-2H3. The molecule has 0 saturated heterocycles. The minimum Gasteiger partial charge on any atom is -0.446 e. The molecule has 2 aromatic heterocycles. The van der Waals surface area contributed by atoms with Gasteiger partial charge in [-0.2, -0.15) is 0 Å². The van der Waals surface area contributed by atoms with Gasteiger partial charge in [0.25, 0.3) is 5.91 Å². The highest BCUT2D eigenvalue weighted by molar-refractivity contribution is 5.95. The number of fused-ring (bicyclic) bond motifs is 1. The average Bonchev–Trinajstić information content (AvgIpc) is 2.73. The first-order valence-electron chi connectivity index (χ1n) is 4.38. The van der Waals surface area contributed by atoms with Gasteiger partial charge < -0.3 is 4.42 Å². The first-order valence-corrected chi connectivity index (χ1v) is 4.38. The van der Waals surface area contributed by atoms with Crippen LogP contribution >= 0.6 is 0 Å². The zero-order valence-electron chi connectivity index (χ0n) is 8.43. The van der Waals surface area contributed by atoms with E-state index in [-0.39, 0.29) is 5.91 Å². The smallest absolute Gasteiger partial charge is 0.278 e. The van der Waals surface area contributed by atoms with Crippen molar-refractivity contribution in [1.29, 1.82) is 0 Å². The predicted molar refractivity (Wildman–Crippen MR) is 53.1 cm³/mol. The van der Waals surface area contributed by atoms with E-state index in [1.54, 1.807) is 19.2 Å². The maximum atomic E-state index is 11.7. The molecule has 15 heavy (non-hydrogen) atoms. The van der Waals surface area contributed by atoms with Crippen molar-refractivity contribution in [2.45, 2.75) is 0 Å². The minimum absolute atomic E-state index is 0.242. The highest BCUT2D eigenvalue weighted by Gasteiger charge is 2.12. The number of hydrogen-bond acceptors (Lipinski definition) is 4. The van der Waals surface area contributed by atoms with Crippen molar-refractivity contribution in [3.63, 3.8) is 0 Å². The highest BCUT2D eigenvalue weighted by Crippen LogP contribution is 2.14. The molecule has 0 saturated carbocycles. The van der Waals surface area contributed by atoms with Crippen molar-refractivity contribution in [3.05, 3.63) is 30.2 Å². The fourth-order valence-electron chi connectivity index (χ4n) is 1.24. The first kappa shape index (κ1) is 9.67. The maximum Gasteiger partial charge on any atom is 0.278 e. The molecule has 2 aromatic rings. The molecule has 1 amide bonds. The van der Waals surface area contributed by atoms with Crippen molar-refractivity contribution in [2.24, 2.45) is 0 Å². The number of carbonyl (C=O) groups is 1. The van der Waals surface area contributed by atoms with Crippen LogP contribution in [0.4, 0.5) is 0 Å². The third-order valence-electron chi connectivity index (χ3n) is 2.11. The van der Waals surface area contributed by atoms with Gasteiger partial charge in [-0.15, -0.1) is 0 Å². The molecule has 0 radical (unpaired) electrons. The molecule has 0 bridgehead atoms. The molecular weight excluding hydrogens is 196 g/mol. The Bertz CT molecular complexity index is 492. The Morgan fingerprint density at radius 3 is 3.13 bits per heavy atom. The quantitative estimate of drug-likeness (QED) is 0.698. The van der Waals surface area contributed by atoms with Crippen LogP contribution < -0.4 is 0 Å². The molecule has 0 aliphatic rings. The van der Waals surface area contributed by atoms with Crippen molar-refractivity contribution in [2.75, 3.05) is 14.2 Å². The molecule has 2 rings (SSSR count). The fourth-order valence-corrected chi connectivity index (χ4v) is 1.24. The van der Waals surface area contributed by atoms with Crippen molar-refractivity contribution >= 4 is 17.0 Å². The summed E-state index contributed by atoms with van der Waals surface area (Å²) >= 11 is 0. The summed E-state index contributed by atoms with van der Waals surface area (Å²) in [4.78, 5) is 20.5. The second-order valence-corrected chi connectivity index (χ2v) is 3.02. The fraction of sp³-hybridized carbons (Fsp3) is 0.200. The SMILES string of the molecule is CON(C)C(=O)c1cnc2occc2c1. The number of rotatable bonds is 2. The van der Waals surface area contributed by atoms with Crippen LogP contribution in [0.3, 0.4) is 0 Å². The van der Waals surface area contributed by atoms with Crippen LogP contribution in [0, 0.1) is 0 Å². The van der Waals surface area contributed by atoms with E-state index in [1.807, 2.05) is 0 Å². The molecule has 5 heteroatoms. The van der Waals surface area contributed by atoms with E-state index in [0.717, 1.165) is 10.4 Å². The molecule has 0 spiro atoms. The van der Waals surface area contributed by atoms with Gasteiger partial charge in [0.15, 0.2) is 0 Å². The zero-order valence-corrected chi connectivity index (χ0v) is 8.43. The Morgan fingerprint density at radius 2 is 2.40 bits per heavy atom. The third kappa shape index (κ3) is 1.69. The molecule has 0 aliphatic carbocycles. The second kappa shape index (κ2) is 3.70. The second-order valence-electron chi connectivity index (χ2n) is 3.02. The van der Waals surface area contributed by atoms with Gasteiger partial charge in [0.2, 0.25) is 5.71 Å². The van der Waals surface area contributed by atoms with Gasteiger partial charge in [-0.3, -0.25) is 9.63 Å². The number of furan rings is 1. The molecule has 5 nitrogen and oxygen atoms in total.